The fourth-order valence-corrected chi connectivity index (χ4v) is 5.02. The Kier molecular flexibility index (Phi) is 6.98. The third kappa shape index (κ3) is 6.19. The summed E-state index contributed by atoms with van der Waals surface area (Å²) in [6.45, 7) is 0. The second-order valence-electron chi connectivity index (χ2n) is 9.36. The van der Waals surface area contributed by atoms with E-state index < -0.39 is 15.6 Å². The summed E-state index contributed by atoms with van der Waals surface area (Å²) in [5.74, 6) is 0.972. The number of para-hydroxylation sites is 2. The van der Waals surface area contributed by atoms with Gasteiger partial charge in [0.15, 0.2) is 11.6 Å². The third-order valence-electron chi connectivity index (χ3n) is 6.25. The van der Waals surface area contributed by atoms with E-state index >= 15 is 0 Å². The molecule has 0 saturated heterocycles. The lowest BCUT2D eigenvalue weighted by Gasteiger charge is -2.15. The topological polar surface area (TPSA) is 158 Å². The van der Waals surface area contributed by atoms with Gasteiger partial charge in [0.05, 0.1) is 30.1 Å². The van der Waals surface area contributed by atoms with E-state index in [1.54, 1.807) is 48.5 Å². The van der Waals surface area contributed by atoms with Crippen LogP contribution in [-0.2, 0) is 14.8 Å². The van der Waals surface area contributed by atoms with E-state index in [-0.39, 0.29) is 28.9 Å². The summed E-state index contributed by atoms with van der Waals surface area (Å²) in [7, 11) is -1.06. The van der Waals surface area contributed by atoms with Crippen molar-refractivity contribution in [3.05, 3.63) is 66.7 Å². The quantitative estimate of drug-likeness (QED) is 0.230. The first-order chi connectivity index (χ1) is 18.7. The van der Waals surface area contributed by atoms with Crippen LogP contribution in [0.5, 0.6) is 11.5 Å². The molecule has 0 aliphatic heterocycles. The van der Waals surface area contributed by atoms with Crippen LogP contribution >= 0.6 is 0 Å². The third-order valence-corrected chi connectivity index (χ3v) is 7.59. The van der Waals surface area contributed by atoms with Crippen molar-refractivity contribution >= 4 is 50.0 Å². The van der Waals surface area contributed by atoms with Crippen LogP contribution in [0, 0.1) is 0 Å². The summed E-state index contributed by atoms with van der Waals surface area (Å²) in [6.07, 6.45) is 1.77. The lowest BCUT2D eigenvalue weighted by atomic mass is 10.2. The lowest BCUT2D eigenvalue weighted by molar-refractivity contribution is -0.116. The molecule has 1 aliphatic carbocycles. The standard InChI is InChI=1S/C27H28N6O5S/c1-37-19-12-18(13-20(15-19)38-2)30-25-26(32-23-9-4-3-8-22(23)31-25)33-39(35,36)21-7-5-6-17(14-21)29-24(34)16-27(28)10-11-27/h3-9,12-15H,10-11,16,28H2,1-2H3,(H,29,34)(H,30,31)(H,32,33). The molecule has 0 unspecified atom stereocenters. The number of sulfonamides is 1. The molecule has 1 aromatic heterocycles. The summed E-state index contributed by atoms with van der Waals surface area (Å²) in [4.78, 5) is 21.4. The van der Waals surface area contributed by atoms with E-state index in [0.717, 1.165) is 12.8 Å². The van der Waals surface area contributed by atoms with Crippen molar-refractivity contribution in [1.29, 1.82) is 0 Å². The molecule has 11 nitrogen and oxygen atoms in total. The zero-order valence-corrected chi connectivity index (χ0v) is 22.2. The molecule has 1 heterocycles. The largest absolute Gasteiger partial charge is 0.497 e. The van der Waals surface area contributed by atoms with Crippen molar-refractivity contribution in [2.75, 3.05) is 29.6 Å². The molecule has 4 aromatic rings. The first-order valence-electron chi connectivity index (χ1n) is 12.1. The highest BCUT2D eigenvalue weighted by atomic mass is 32.2. The van der Waals surface area contributed by atoms with Crippen molar-refractivity contribution in [2.24, 2.45) is 5.73 Å². The first-order valence-corrected chi connectivity index (χ1v) is 13.6. The summed E-state index contributed by atoms with van der Waals surface area (Å²) >= 11 is 0. The number of nitrogens with one attached hydrogen (secondary N) is 3. The molecule has 5 N–H and O–H groups in total. The van der Waals surface area contributed by atoms with Crippen LogP contribution < -0.4 is 30.6 Å². The molecule has 0 radical (unpaired) electrons. The van der Waals surface area contributed by atoms with Gasteiger partial charge in [0.2, 0.25) is 5.91 Å². The highest BCUT2D eigenvalue weighted by Crippen LogP contribution is 2.36. The van der Waals surface area contributed by atoms with Gasteiger partial charge in [0, 0.05) is 41.5 Å². The lowest BCUT2D eigenvalue weighted by Crippen LogP contribution is -2.28. The molecule has 12 heteroatoms. The van der Waals surface area contributed by atoms with Crippen LogP contribution in [0.4, 0.5) is 23.0 Å². The number of aromatic nitrogens is 2. The number of hydrogen-bond donors (Lipinski definition) is 4. The predicted molar refractivity (Wildman–Crippen MR) is 149 cm³/mol. The van der Waals surface area contributed by atoms with Crippen LogP contribution in [0.25, 0.3) is 11.0 Å². The summed E-state index contributed by atoms with van der Waals surface area (Å²) < 4.78 is 40.1. The van der Waals surface area contributed by atoms with Gasteiger partial charge >= 0.3 is 0 Å². The van der Waals surface area contributed by atoms with Crippen LogP contribution in [0.15, 0.2) is 71.6 Å². The van der Waals surface area contributed by atoms with Gasteiger partial charge in [-0.3, -0.25) is 9.52 Å². The number of carbonyl (C=O) groups is 1. The minimum Gasteiger partial charge on any atom is -0.497 e. The van der Waals surface area contributed by atoms with Gasteiger partial charge < -0.3 is 25.8 Å². The number of amides is 1. The van der Waals surface area contributed by atoms with E-state index in [1.807, 2.05) is 6.07 Å². The molecular weight excluding hydrogens is 520 g/mol. The van der Waals surface area contributed by atoms with E-state index in [4.69, 9.17) is 15.2 Å². The number of methoxy groups -OCH3 is 2. The van der Waals surface area contributed by atoms with Crippen molar-refractivity contribution in [3.8, 4) is 11.5 Å². The number of carbonyl (C=O) groups excluding carboxylic acids is 1. The number of ether oxygens (including phenoxy) is 2. The second kappa shape index (κ2) is 10.4. The van der Waals surface area contributed by atoms with E-state index in [9.17, 15) is 13.2 Å². The Bertz CT molecular complexity index is 1630. The van der Waals surface area contributed by atoms with Crippen molar-refractivity contribution in [3.63, 3.8) is 0 Å². The highest BCUT2D eigenvalue weighted by Gasteiger charge is 2.40. The van der Waals surface area contributed by atoms with Gasteiger partial charge in [-0.15, -0.1) is 0 Å². The molecule has 202 valence electrons. The van der Waals surface area contributed by atoms with Gasteiger partial charge in [-0.25, -0.2) is 18.4 Å². The summed E-state index contributed by atoms with van der Waals surface area (Å²) in [5, 5.41) is 5.85. The van der Waals surface area contributed by atoms with Crippen LogP contribution in [0.3, 0.4) is 0 Å². The Morgan fingerprint density at radius 2 is 1.54 bits per heavy atom. The predicted octanol–water partition coefficient (Wildman–Crippen LogP) is 4.01. The minimum absolute atomic E-state index is 0.0104. The Morgan fingerprint density at radius 3 is 2.15 bits per heavy atom. The zero-order valence-electron chi connectivity index (χ0n) is 21.4. The number of benzene rings is 3. The van der Waals surface area contributed by atoms with E-state index in [1.165, 1.54) is 26.4 Å². The Morgan fingerprint density at radius 1 is 0.897 bits per heavy atom. The zero-order chi connectivity index (χ0) is 27.6. The maximum Gasteiger partial charge on any atom is 0.263 e. The number of anilines is 4. The first kappa shape index (κ1) is 26.2. The summed E-state index contributed by atoms with van der Waals surface area (Å²) in [5.41, 5.74) is 7.53. The summed E-state index contributed by atoms with van der Waals surface area (Å²) in [6, 6.07) is 18.2. The normalized spacial score (nSPS) is 13.9. The van der Waals surface area contributed by atoms with Crippen molar-refractivity contribution in [1.82, 2.24) is 9.97 Å². The SMILES string of the molecule is COc1cc(Nc2nc3ccccc3nc2NS(=O)(=O)c2cccc(NC(=O)CC3(N)CC3)c2)cc(OC)c1. The smallest absolute Gasteiger partial charge is 0.263 e. The number of nitrogens with zero attached hydrogens (tertiary/aromatic N) is 2. The van der Waals surface area contributed by atoms with Crippen LogP contribution in [-0.4, -0.2) is 44.1 Å². The maximum atomic E-state index is 13.4. The molecule has 39 heavy (non-hydrogen) atoms. The molecule has 1 aliphatic rings. The number of hydrogen-bond acceptors (Lipinski definition) is 9. The van der Waals surface area contributed by atoms with Crippen LogP contribution in [0.2, 0.25) is 0 Å². The Balaban J connectivity index is 1.46. The molecule has 1 amide bonds. The molecule has 1 fully saturated rings. The molecule has 0 spiro atoms. The molecule has 1 saturated carbocycles. The fraction of sp³-hybridized carbons (Fsp3) is 0.222. The molecule has 5 rings (SSSR count). The number of fused-ring (bicyclic) bond motifs is 1. The molecule has 0 atom stereocenters. The molecule has 0 bridgehead atoms. The van der Waals surface area contributed by atoms with Gasteiger partial charge in [-0.1, -0.05) is 18.2 Å². The fourth-order valence-electron chi connectivity index (χ4n) is 3.96. The van der Waals surface area contributed by atoms with Gasteiger partial charge in [0.25, 0.3) is 10.0 Å². The minimum atomic E-state index is -4.12. The van der Waals surface area contributed by atoms with E-state index in [2.05, 4.69) is 25.3 Å². The Hall–Kier alpha value is -4.42. The monoisotopic (exact) mass is 548 g/mol. The highest BCUT2D eigenvalue weighted by molar-refractivity contribution is 7.92. The number of rotatable bonds is 10. The van der Waals surface area contributed by atoms with Gasteiger partial charge in [0.1, 0.15) is 11.5 Å². The van der Waals surface area contributed by atoms with E-state index in [0.29, 0.717) is 33.9 Å². The average Bonchev–Trinajstić information content (AvgIpc) is 3.64. The van der Waals surface area contributed by atoms with Gasteiger partial charge in [-0.2, -0.15) is 0 Å². The average molecular weight is 549 g/mol. The van der Waals surface area contributed by atoms with Gasteiger partial charge in [-0.05, 0) is 43.2 Å². The van der Waals surface area contributed by atoms with Crippen LogP contribution in [0.1, 0.15) is 19.3 Å². The molecular formula is C27H28N6O5S. The second-order valence-corrected chi connectivity index (χ2v) is 11.0. The van der Waals surface area contributed by atoms with Crippen molar-refractivity contribution in [2.45, 2.75) is 29.7 Å². The Labute approximate surface area is 225 Å². The molecule has 3 aromatic carbocycles. The van der Waals surface area contributed by atoms with Crippen molar-refractivity contribution < 1.29 is 22.7 Å². The maximum absolute atomic E-state index is 13.4. The number of nitrogens with two attached hydrogens (primary N) is 1.